The number of rotatable bonds is 5. The minimum atomic E-state index is 0.555. The standard InChI is InChI=1S/C11H14ClN3S/c12-8-1-4-11(14-7-8)15(9-2-3-9)6-5-10(13)16/h1,4,7,9H,2-3,5-6H2,(H2,13,16). The summed E-state index contributed by atoms with van der Waals surface area (Å²) >= 11 is 10.7. The number of nitrogens with two attached hydrogens (primary N) is 1. The molecule has 86 valence electrons. The van der Waals surface area contributed by atoms with Gasteiger partial charge in [-0.2, -0.15) is 0 Å². The fraction of sp³-hybridized carbons (Fsp3) is 0.455. The molecule has 0 saturated heterocycles. The van der Waals surface area contributed by atoms with Crippen LogP contribution in [-0.4, -0.2) is 22.6 Å². The fourth-order valence-corrected chi connectivity index (χ4v) is 1.84. The molecule has 1 fully saturated rings. The summed E-state index contributed by atoms with van der Waals surface area (Å²) in [5, 5.41) is 0.661. The maximum absolute atomic E-state index is 5.82. The van der Waals surface area contributed by atoms with Crippen molar-refractivity contribution in [3.05, 3.63) is 23.4 Å². The molecule has 16 heavy (non-hydrogen) atoms. The molecule has 1 aromatic rings. The molecule has 0 radical (unpaired) electrons. The Morgan fingerprint density at radius 2 is 2.31 bits per heavy atom. The largest absolute Gasteiger partial charge is 0.393 e. The number of halogens is 1. The fourth-order valence-electron chi connectivity index (χ4n) is 1.64. The highest BCUT2D eigenvalue weighted by atomic mass is 35.5. The second-order valence-electron chi connectivity index (χ2n) is 3.98. The Hall–Kier alpha value is -0.870. The van der Waals surface area contributed by atoms with Gasteiger partial charge in [-0.25, -0.2) is 4.98 Å². The lowest BCUT2D eigenvalue weighted by atomic mass is 10.3. The molecular weight excluding hydrogens is 242 g/mol. The molecule has 0 amide bonds. The van der Waals surface area contributed by atoms with Crippen LogP contribution in [0.4, 0.5) is 5.82 Å². The quantitative estimate of drug-likeness (QED) is 0.821. The Morgan fingerprint density at radius 3 is 2.81 bits per heavy atom. The lowest BCUT2D eigenvalue weighted by Crippen LogP contribution is -2.30. The number of anilines is 1. The van der Waals surface area contributed by atoms with Gasteiger partial charge in [0.25, 0.3) is 0 Å². The highest BCUT2D eigenvalue weighted by Crippen LogP contribution is 2.30. The van der Waals surface area contributed by atoms with Crippen molar-refractivity contribution >= 4 is 34.6 Å². The van der Waals surface area contributed by atoms with Gasteiger partial charge >= 0.3 is 0 Å². The Balaban J connectivity index is 2.06. The summed E-state index contributed by atoms with van der Waals surface area (Å²) in [5.74, 6) is 0.961. The van der Waals surface area contributed by atoms with Gasteiger partial charge in [0.15, 0.2) is 0 Å². The summed E-state index contributed by atoms with van der Waals surface area (Å²) in [6.45, 7) is 0.842. The van der Waals surface area contributed by atoms with E-state index < -0.39 is 0 Å². The average molecular weight is 256 g/mol. The first-order valence-corrected chi connectivity index (χ1v) is 6.12. The monoisotopic (exact) mass is 255 g/mol. The van der Waals surface area contributed by atoms with Crippen molar-refractivity contribution in [2.75, 3.05) is 11.4 Å². The molecule has 3 nitrogen and oxygen atoms in total. The van der Waals surface area contributed by atoms with Crippen molar-refractivity contribution in [2.24, 2.45) is 5.73 Å². The van der Waals surface area contributed by atoms with Gasteiger partial charge in [0.05, 0.1) is 10.0 Å². The van der Waals surface area contributed by atoms with Crippen molar-refractivity contribution in [2.45, 2.75) is 25.3 Å². The van der Waals surface area contributed by atoms with E-state index in [0.717, 1.165) is 18.8 Å². The molecular formula is C11H14ClN3S. The average Bonchev–Trinajstić information content (AvgIpc) is 3.04. The van der Waals surface area contributed by atoms with Gasteiger partial charge in [-0.1, -0.05) is 23.8 Å². The van der Waals surface area contributed by atoms with Gasteiger partial charge in [0, 0.05) is 25.2 Å². The zero-order valence-corrected chi connectivity index (χ0v) is 10.5. The topological polar surface area (TPSA) is 42.1 Å². The molecule has 0 atom stereocenters. The van der Waals surface area contributed by atoms with Crippen LogP contribution in [0.2, 0.25) is 5.02 Å². The number of aromatic nitrogens is 1. The van der Waals surface area contributed by atoms with E-state index in [4.69, 9.17) is 29.6 Å². The SMILES string of the molecule is NC(=S)CCN(c1ccc(Cl)cn1)C1CC1. The van der Waals surface area contributed by atoms with E-state index in [-0.39, 0.29) is 0 Å². The number of hydrogen-bond donors (Lipinski definition) is 1. The number of thiocarbonyl (C=S) groups is 1. The summed E-state index contributed by atoms with van der Waals surface area (Å²) in [4.78, 5) is 7.14. The van der Waals surface area contributed by atoms with Gasteiger partial charge in [-0.15, -0.1) is 0 Å². The zero-order chi connectivity index (χ0) is 11.5. The Labute approximate surface area is 106 Å². The summed E-state index contributed by atoms with van der Waals surface area (Å²) < 4.78 is 0. The van der Waals surface area contributed by atoms with E-state index in [1.807, 2.05) is 12.1 Å². The third-order valence-electron chi connectivity index (χ3n) is 2.59. The predicted octanol–water partition coefficient (Wildman–Crippen LogP) is 2.38. The molecule has 0 unspecified atom stereocenters. The maximum atomic E-state index is 5.82. The lowest BCUT2D eigenvalue weighted by Gasteiger charge is -2.23. The van der Waals surface area contributed by atoms with Gasteiger partial charge in [0.2, 0.25) is 0 Å². The van der Waals surface area contributed by atoms with Crippen LogP contribution in [0.5, 0.6) is 0 Å². The normalized spacial score (nSPS) is 14.8. The molecule has 1 aliphatic carbocycles. The summed E-state index contributed by atoms with van der Waals surface area (Å²) in [7, 11) is 0. The minimum Gasteiger partial charge on any atom is -0.393 e. The molecule has 0 spiro atoms. The third kappa shape index (κ3) is 3.06. The third-order valence-corrected chi connectivity index (χ3v) is 3.02. The predicted molar refractivity (Wildman–Crippen MR) is 71.0 cm³/mol. The van der Waals surface area contributed by atoms with Crippen molar-refractivity contribution in [3.8, 4) is 0 Å². The second kappa shape index (κ2) is 4.97. The van der Waals surface area contributed by atoms with Gasteiger partial charge in [-0.3, -0.25) is 0 Å². The minimum absolute atomic E-state index is 0.555. The van der Waals surface area contributed by atoms with E-state index in [9.17, 15) is 0 Å². The van der Waals surface area contributed by atoms with Gasteiger partial charge < -0.3 is 10.6 Å². The van der Waals surface area contributed by atoms with Crippen molar-refractivity contribution < 1.29 is 0 Å². The van der Waals surface area contributed by atoms with Crippen molar-refractivity contribution in [1.82, 2.24) is 4.98 Å². The molecule has 0 bridgehead atoms. The van der Waals surface area contributed by atoms with Crippen molar-refractivity contribution in [1.29, 1.82) is 0 Å². The Bertz CT molecular complexity index is 375. The summed E-state index contributed by atoms with van der Waals surface area (Å²) in [5.41, 5.74) is 5.53. The van der Waals surface area contributed by atoms with E-state index in [2.05, 4.69) is 9.88 Å². The zero-order valence-electron chi connectivity index (χ0n) is 8.90. The number of hydrogen-bond acceptors (Lipinski definition) is 3. The summed E-state index contributed by atoms with van der Waals surface area (Å²) in [6.07, 6.45) is 4.85. The maximum Gasteiger partial charge on any atom is 0.128 e. The van der Waals surface area contributed by atoms with E-state index in [0.29, 0.717) is 16.1 Å². The van der Waals surface area contributed by atoms with Gasteiger partial charge in [-0.05, 0) is 25.0 Å². The molecule has 1 aromatic heterocycles. The van der Waals surface area contributed by atoms with Crippen LogP contribution in [0.25, 0.3) is 0 Å². The lowest BCUT2D eigenvalue weighted by molar-refractivity contribution is 0.786. The van der Waals surface area contributed by atoms with Gasteiger partial charge in [0.1, 0.15) is 5.82 Å². The number of nitrogens with zero attached hydrogens (tertiary/aromatic N) is 2. The van der Waals surface area contributed by atoms with Crippen LogP contribution >= 0.6 is 23.8 Å². The Morgan fingerprint density at radius 1 is 1.56 bits per heavy atom. The Kier molecular flexibility index (Phi) is 3.61. The number of pyridine rings is 1. The molecule has 5 heteroatoms. The smallest absolute Gasteiger partial charge is 0.128 e. The first-order chi connectivity index (χ1) is 7.66. The van der Waals surface area contributed by atoms with Crippen LogP contribution in [-0.2, 0) is 0 Å². The highest BCUT2D eigenvalue weighted by molar-refractivity contribution is 7.80. The molecule has 1 saturated carbocycles. The first kappa shape index (κ1) is 11.6. The molecule has 2 N–H and O–H groups in total. The van der Waals surface area contributed by atoms with E-state index in [1.54, 1.807) is 6.20 Å². The van der Waals surface area contributed by atoms with E-state index in [1.165, 1.54) is 12.8 Å². The highest BCUT2D eigenvalue weighted by Gasteiger charge is 2.29. The molecule has 0 aliphatic heterocycles. The van der Waals surface area contributed by atoms with Crippen LogP contribution in [0.3, 0.4) is 0 Å². The second-order valence-corrected chi connectivity index (χ2v) is 4.94. The van der Waals surface area contributed by atoms with Crippen LogP contribution < -0.4 is 10.6 Å². The van der Waals surface area contributed by atoms with Crippen LogP contribution in [0, 0.1) is 0 Å². The van der Waals surface area contributed by atoms with Crippen LogP contribution in [0.15, 0.2) is 18.3 Å². The van der Waals surface area contributed by atoms with Crippen LogP contribution in [0.1, 0.15) is 19.3 Å². The molecule has 2 rings (SSSR count). The molecule has 1 heterocycles. The molecule has 1 aliphatic rings. The summed E-state index contributed by atoms with van der Waals surface area (Å²) in [6, 6.07) is 4.41. The first-order valence-electron chi connectivity index (χ1n) is 5.33. The van der Waals surface area contributed by atoms with E-state index >= 15 is 0 Å². The molecule has 0 aromatic carbocycles. The van der Waals surface area contributed by atoms with Crippen molar-refractivity contribution in [3.63, 3.8) is 0 Å².